The van der Waals surface area contributed by atoms with E-state index in [9.17, 15) is 9.59 Å². The molecule has 0 aliphatic heterocycles. The van der Waals surface area contributed by atoms with Crippen molar-refractivity contribution in [3.8, 4) is 5.75 Å². The molecule has 92 valence electrons. The largest absolute Gasteiger partial charge is 0.497 e. The van der Waals surface area contributed by atoms with Crippen molar-refractivity contribution < 1.29 is 14.3 Å². The standard InChI is InChI=1S/C13H17NO3/c1-3-4-5-12(15)14-13(16)10-6-8-11(17-2)9-7-10/h6-9H,3-5H2,1-2H3,(H,14,15,16). The lowest BCUT2D eigenvalue weighted by Gasteiger charge is -2.04. The van der Waals surface area contributed by atoms with E-state index >= 15 is 0 Å². The number of unbranched alkanes of at least 4 members (excludes halogenated alkanes) is 1. The minimum atomic E-state index is -0.367. The molecule has 0 bridgehead atoms. The molecular formula is C13H17NO3. The number of amides is 2. The van der Waals surface area contributed by atoms with Crippen molar-refractivity contribution in [2.45, 2.75) is 26.2 Å². The van der Waals surface area contributed by atoms with Crippen LogP contribution < -0.4 is 10.1 Å². The third kappa shape index (κ3) is 4.26. The monoisotopic (exact) mass is 235 g/mol. The first-order valence-electron chi connectivity index (χ1n) is 5.65. The minimum Gasteiger partial charge on any atom is -0.497 e. The summed E-state index contributed by atoms with van der Waals surface area (Å²) in [7, 11) is 1.56. The van der Waals surface area contributed by atoms with E-state index in [1.807, 2.05) is 6.92 Å². The molecule has 1 N–H and O–H groups in total. The molecule has 0 saturated carbocycles. The van der Waals surface area contributed by atoms with Crippen molar-refractivity contribution in [3.63, 3.8) is 0 Å². The molecular weight excluding hydrogens is 218 g/mol. The van der Waals surface area contributed by atoms with Gasteiger partial charge in [-0.1, -0.05) is 13.3 Å². The molecule has 0 radical (unpaired) electrons. The van der Waals surface area contributed by atoms with E-state index in [0.717, 1.165) is 12.8 Å². The Kier molecular flexibility index (Phi) is 5.20. The van der Waals surface area contributed by atoms with Crippen LogP contribution in [0.3, 0.4) is 0 Å². The van der Waals surface area contributed by atoms with E-state index < -0.39 is 0 Å². The Morgan fingerprint density at radius 2 is 1.88 bits per heavy atom. The Labute approximate surface area is 101 Å². The van der Waals surface area contributed by atoms with Gasteiger partial charge in [0.05, 0.1) is 7.11 Å². The van der Waals surface area contributed by atoms with Gasteiger partial charge in [0.2, 0.25) is 5.91 Å². The molecule has 0 unspecified atom stereocenters. The van der Waals surface area contributed by atoms with Gasteiger partial charge in [-0.2, -0.15) is 0 Å². The summed E-state index contributed by atoms with van der Waals surface area (Å²) < 4.78 is 4.98. The summed E-state index contributed by atoms with van der Waals surface area (Å²) in [6.45, 7) is 2.00. The highest BCUT2D eigenvalue weighted by atomic mass is 16.5. The van der Waals surface area contributed by atoms with Crippen molar-refractivity contribution in [3.05, 3.63) is 29.8 Å². The summed E-state index contributed by atoms with van der Waals surface area (Å²) >= 11 is 0. The van der Waals surface area contributed by atoms with Gasteiger partial charge in [-0.05, 0) is 30.7 Å². The minimum absolute atomic E-state index is 0.229. The first-order valence-corrected chi connectivity index (χ1v) is 5.65. The van der Waals surface area contributed by atoms with Crippen molar-refractivity contribution in [1.82, 2.24) is 5.32 Å². The average molecular weight is 235 g/mol. The van der Waals surface area contributed by atoms with E-state index in [-0.39, 0.29) is 11.8 Å². The fourth-order valence-electron chi connectivity index (χ4n) is 1.34. The molecule has 1 aromatic rings. The number of nitrogens with one attached hydrogen (secondary N) is 1. The third-order valence-electron chi connectivity index (χ3n) is 2.36. The van der Waals surface area contributed by atoms with Crippen LogP contribution in [0.5, 0.6) is 5.75 Å². The SMILES string of the molecule is CCCCC(=O)NC(=O)c1ccc(OC)cc1. The fraction of sp³-hybridized carbons (Fsp3) is 0.385. The molecule has 0 fully saturated rings. The Morgan fingerprint density at radius 1 is 1.24 bits per heavy atom. The Balaban J connectivity index is 2.54. The van der Waals surface area contributed by atoms with Gasteiger partial charge in [-0.25, -0.2) is 0 Å². The molecule has 1 rings (SSSR count). The van der Waals surface area contributed by atoms with Crippen LogP contribution in [0, 0.1) is 0 Å². The van der Waals surface area contributed by atoms with Crippen LogP contribution in [0.15, 0.2) is 24.3 Å². The summed E-state index contributed by atoms with van der Waals surface area (Å²) in [4.78, 5) is 23.0. The molecule has 4 heteroatoms. The number of hydrogen-bond donors (Lipinski definition) is 1. The van der Waals surface area contributed by atoms with Crippen LogP contribution in [0.4, 0.5) is 0 Å². The number of hydrogen-bond acceptors (Lipinski definition) is 3. The van der Waals surface area contributed by atoms with Crippen LogP contribution in [-0.4, -0.2) is 18.9 Å². The van der Waals surface area contributed by atoms with Crippen LogP contribution >= 0.6 is 0 Å². The predicted molar refractivity (Wildman–Crippen MR) is 65.0 cm³/mol. The summed E-state index contributed by atoms with van der Waals surface area (Å²) in [5, 5.41) is 2.35. The van der Waals surface area contributed by atoms with Gasteiger partial charge >= 0.3 is 0 Å². The lowest BCUT2D eigenvalue weighted by atomic mass is 10.2. The average Bonchev–Trinajstić information content (AvgIpc) is 2.36. The molecule has 1 aromatic carbocycles. The summed E-state index contributed by atoms with van der Waals surface area (Å²) in [5.74, 6) is 0.0836. The van der Waals surface area contributed by atoms with Gasteiger partial charge in [0, 0.05) is 12.0 Å². The normalized spacial score (nSPS) is 9.76. The maximum atomic E-state index is 11.6. The highest BCUT2D eigenvalue weighted by molar-refractivity contribution is 6.04. The van der Waals surface area contributed by atoms with E-state index in [0.29, 0.717) is 17.7 Å². The van der Waals surface area contributed by atoms with Crippen LogP contribution in [0.2, 0.25) is 0 Å². The van der Waals surface area contributed by atoms with Gasteiger partial charge < -0.3 is 4.74 Å². The zero-order valence-corrected chi connectivity index (χ0v) is 10.2. The molecule has 0 aliphatic carbocycles. The zero-order chi connectivity index (χ0) is 12.7. The van der Waals surface area contributed by atoms with Crippen molar-refractivity contribution in [2.75, 3.05) is 7.11 Å². The van der Waals surface area contributed by atoms with Gasteiger partial charge in [0.15, 0.2) is 0 Å². The molecule has 2 amide bonds. The predicted octanol–water partition coefficient (Wildman–Crippen LogP) is 2.14. The molecule has 0 saturated heterocycles. The number of carbonyl (C=O) groups is 2. The second kappa shape index (κ2) is 6.68. The molecule has 0 spiro atoms. The topological polar surface area (TPSA) is 55.4 Å². The number of rotatable bonds is 5. The third-order valence-corrected chi connectivity index (χ3v) is 2.36. The van der Waals surface area contributed by atoms with E-state index in [2.05, 4.69) is 5.32 Å². The number of imide groups is 1. The van der Waals surface area contributed by atoms with Gasteiger partial charge in [0.25, 0.3) is 5.91 Å². The molecule has 0 aliphatic rings. The van der Waals surface area contributed by atoms with E-state index in [1.54, 1.807) is 31.4 Å². The maximum absolute atomic E-state index is 11.6. The Bertz CT molecular complexity index is 384. The molecule has 4 nitrogen and oxygen atoms in total. The van der Waals surface area contributed by atoms with Crippen LogP contribution in [-0.2, 0) is 4.79 Å². The second-order valence-electron chi connectivity index (χ2n) is 3.71. The van der Waals surface area contributed by atoms with Gasteiger partial charge in [0.1, 0.15) is 5.75 Å². The van der Waals surface area contributed by atoms with Crippen LogP contribution in [0.1, 0.15) is 36.5 Å². The molecule has 0 aromatic heterocycles. The lowest BCUT2D eigenvalue weighted by molar-refractivity contribution is -0.120. The molecule has 0 atom stereocenters. The maximum Gasteiger partial charge on any atom is 0.257 e. The van der Waals surface area contributed by atoms with Crippen molar-refractivity contribution in [1.29, 1.82) is 0 Å². The number of ether oxygens (including phenoxy) is 1. The first-order chi connectivity index (χ1) is 8.17. The second-order valence-corrected chi connectivity index (χ2v) is 3.71. The first kappa shape index (κ1) is 13.2. The number of benzene rings is 1. The van der Waals surface area contributed by atoms with Crippen LogP contribution in [0.25, 0.3) is 0 Å². The Morgan fingerprint density at radius 3 is 2.41 bits per heavy atom. The summed E-state index contributed by atoms with van der Waals surface area (Å²) in [6.07, 6.45) is 2.12. The number of methoxy groups -OCH3 is 1. The van der Waals surface area contributed by atoms with Crippen molar-refractivity contribution >= 4 is 11.8 Å². The van der Waals surface area contributed by atoms with E-state index in [1.165, 1.54) is 0 Å². The van der Waals surface area contributed by atoms with Gasteiger partial charge in [-0.15, -0.1) is 0 Å². The lowest BCUT2D eigenvalue weighted by Crippen LogP contribution is -2.30. The van der Waals surface area contributed by atoms with Gasteiger partial charge in [-0.3, -0.25) is 14.9 Å². The zero-order valence-electron chi connectivity index (χ0n) is 10.2. The van der Waals surface area contributed by atoms with Crippen molar-refractivity contribution in [2.24, 2.45) is 0 Å². The highest BCUT2D eigenvalue weighted by Gasteiger charge is 2.09. The molecule has 0 heterocycles. The summed E-state index contributed by atoms with van der Waals surface area (Å²) in [6, 6.07) is 6.62. The smallest absolute Gasteiger partial charge is 0.257 e. The quantitative estimate of drug-likeness (QED) is 0.850. The van der Waals surface area contributed by atoms with E-state index in [4.69, 9.17) is 4.74 Å². The molecule has 17 heavy (non-hydrogen) atoms. The fourth-order valence-corrected chi connectivity index (χ4v) is 1.34. The number of carbonyl (C=O) groups excluding carboxylic acids is 2. The Hall–Kier alpha value is -1.84. The highest BCUT2D eigenvalue weighted by Crippen LogP contribution is 2.11. The summed E-state index contributed by atoms with van der Waals surface area (Å²) in [5.41, 5.74) is 0.454.